The second-order valence-electron chi connectivity index (χ2n) is 9.39. The lowest BCUT2D eigenvalue weighted by atomic mass is 10.1. The van der Waals surface area contributed by atoms with Gasteiger partial charge >= 0.3 is 0 Å². The van der Waals surface area contributed by atoms with Gasteiger partial charge in [-0.05, 0) is 37.4 Å². The molecule has 0 spiro atoms. The zero-order chi connectivity index (χ0) is 26.6. The van der Waals surface area contributed by atoms with Gasteiger partial charge in [0, 0.05) is 43.4 Å². The summed E-state index contributed by atoms with van der Waals surface area (Å²) in [5.74, 6) is 1.34. The van der Waals surface area contributed by atoms with Gasteiger partial charge in [-0.25, -0.2) is 4.98 Å². The van der Waals surface area contributed by atoms with Gasteiger partial charge in [-0.15, -0.1) is 0 Å². The number of aromatic nitrogens is 1. The van der Waals surface area contributed by atoms with E-state index in [0.717, 1.165) is 31.9 Å². The molecule has 11 nitrogen and oxygen atoms in total. The van der Waals surface area contributed by atoms with Crippen LogP contribution in [0.5, 0.6) is 17.4 Å². The number of methoxy groups -OCH3 is 1. The fraction of sp³-hybridized carbons (Fsp3) is 0.370. The highest BCUT2D eigenvalue weighted by atomic mass is 16.6. The van der Waals surface area contributed by atoms with Crippen LogP contribution in [0.2, 0.25) is 0 Å². The van der Waals surface area contributed by atoms with Gasteiger partial charge in [-0.2, -0.15) is 0 Å². The SMILES string of the molecule is COc1cc(C(N)=O)cc(-c2cccc3c2O[C@H](CNC(=O)c2ccc(CN4CCN(C)CC4)o2)CO3)n1. The van der Waals surface area contributed by atoms with E-state index < -0.39 is 12.0 Å². The molecule has 1 atom stereocenters. The van der Waals surface area contributed by atoms with E-state index in [1.54, 1.807) is 30.3 Å². The number of piperazine rings is 1. The monoisotopic (exact) mass is 521 g/mol. The van der Waals surface area contributed by atoms with E-state index in [1.807, 2.05) is 6.07 Å². The highest BCUT2D eigenvalue weighted by Gasteiger charge is 2.26. The van der Waals surface area contributed by atoms with Crippen LogP contribution in [0.3, 0.4) is 0 Å². The number of carbonyl (C=O) groups excluding carboxylic acids is 2. The number of furan rings is 1. The first-order valence-corrected chi connectivity index (χ1v) is 12.5. The van der Waals surface area contributed by atoms with Crippen LogP contribution >= 0.6 is 0 Å². The van der Waals surface area contributed by atoms with Crippen LogP contribution in [0.25, 0.3) is 11.3 Å². The van der Waals surface area contributed by atoms with Crippen LogP contribution in [0.15, 0.2) is 46.9 Å². The van der Waals surface area contributed by atoms with Crippen molar-refractivity contribution in [1.29, 1.82) is 0 Å². The minimum Gasteiger partial charge on any atom is -0.486 e. The number of hydrogen-bond acceptors (Lipinski definition) is 9. The molecule has 0 bridgehead atoms. The van der Waals surface area contributed by atoms with Crippen LogP contribution in [0.4, 0.5) is 0 Å². The third-order valence-electron chi connectivity index (χ3n) is 6.61. The quantitative estimate of drug-likeness (QED) is 0.455. The zero-order valence-corrected chi connectivity index (χ0v) is 21.4. The van der Waals surface area contributed by atoms with Gasteiger partial charge in [0.1, 0.15) is 18.5 Å². The molecule has 200 valence electrons. The molecule has 0 saturated carbocycles. The second-order valence-corrected chi connectivity index (χ2v) is 9.39. The Morgan fingerprint density at radius 3 is 2.74 bits per heavy atom. The number of nitrogens with one attached hydrogen (secondary N) is 1. The minimum atomic E-state index is -0.598. The summed E-state index contributed by atoms with van der Waals surface area (Å²) in [6.07, 6.45) is -0.450. The minimum absolute atomic E-state index is 0.208. The average Bonchev–Trinajstić information content (AvgIpc) is 3.40. The maximum absolute atomic E-state index is 12.8. The van der Waals surface area contributed by atoms with Gasteiger partial charge < -0.3 is 34.6 Å². The molecule has 2 aliphatic heterocycles. The summed E-state index contributed by atoms with van der Waals surface area (Å²) < 4.78 is 23.2. The summed E-state index contributed by atoms with van der Waals surface area (Å²) in [7, 11) is 3.58. The topological polar surface area (TPSA) is 132 Å². The molecule has 1 saturated heterocycles. The van der Waals surface area contributed by atoms with Gasteiger partial charge in [0.25, 0.3) is 5.91 Å². The fourth-order valence-electron chi connectivity index (χ4n) is 4.43. The number of nitrogens with two attached hydrogens (primary N) is 1. The fourth-order valence-corrected chi connectivity index (χ4v) is 4.43. The Morgan fingerprint density at radius 2 is 1.97 bits per heavy atom. The number of benzene rings is 1. The number of carbonyl (C=O) groups is 2. The van der Waals surface area contributed by atoms with Crippen molar-refractivity contribution in [3.05, 3.63) is 59.5 Å². The number of ether oxygens (including phenoxy) is 3. The molecule has 1 fully saturated rings. The predicted molar refractivity (Wildman–Crippen MR) is 138 cm³/mol. The first kappa shape index (κ1) is 25.6. The highest BCUT2D eigenvalue weighted by molar-refractivity contribution is 5.94. The molecule has 5 rings (SSSR count). The van der Waals surface area contributed by atoms with Gasteiger partial charge in [-0.3, -0.25) is 14.5 Å². The number of primary amides is 1. The number of likely N-dealkylation sites (N-methyl/N-ethyl adjacent to an activating group) is 1. The Kier molecular flexibility index (Phi) is 7.47. The van der Waals surface area contributed by atoms with Crippen LogP contribution in [-0.4, -0.2) is 86.2 Å². The molecular formula is C27H31N5O6. The first-order valence-electron chi connectivity index (χ1n) is 12.5. The summed E-state index contributed by atoms with van der Waals surface area (Å²) in [5, 5.41) is 2.87. The van der Waals surface area contributed by atoms with E-state index in [1.165, 1.54) is 13.2 Å². The van der Waals surface area contributed by atoms with Crippen molar-refractivity contribution in [2.75, 3.05) is 53.5 Å². The van der Waals surface area contributed by atoms with Crippen LogP contribution in [0, 0.1) is 0 Å². The Labute approximate surface area is 220 Å². The Bertz CT molecular complexity index is 1320. The lowest BCUT2D eigenvalue weighted by Crippen LogP contribution is -2.43. The standard InChI is InChI=1S/C27H31N5O6/c1-31-8-10-32(11-9-31)15-18-6-7-23(37-18)27(34)29-14-19-16-36-22-5-3-4-20(25(22)38-19)21-12-17(26(28)33)13-24(30-21)35-2/h3-7,12-13,19H,8-11,14-16H2,1-2H3,(H2,28,33)(H,29,34)/t19-/m1/s1. The number of amides is 2. The van der Waals surface area contributed by atoms with E-state index in [4.69, 9.17) is 24.4 Å². The lowest BCUT2D eigenvalue weighted by molar-refractivity contribution is 0.0773. The van der Waals surface area contributed by atoms with E-state index >= 15 is 0 Å². The zero-order valence-electron chi connectivity index (χ0n) is 21.4. The molecule has 0 radical (unpaired) electrons. The predicted octanol–water partition coefficient (Wildman–Crippen LogP) is 1.77. The molecule has 3 aromatic rings. The van der Waals surface area contributed by atoms with Gasteiger partial charge in [0.05, 0.1) is 25.9 Å². The largest absolute Gasteiger partial charge is 0.486 e. The van der Waals surface area contributed by atoms with E-state index in [9.17, 15) is 9.59 Å². The van der Waals surface area contributed by atoms with Crippen molar-refractivity contribution in [2.45, 2.75) is 12.6 Å². The lowest BCUT2D eigenvalue weighted by Gasteiger charge is -2.31. The molecule has 2 amide bonds. The number of para-hydroxylation sites is 1. The van der Waals surface area contributed by atoms with Crippen molar-refractivity contribution in [1.82, 2.24) is 20.1 Å². The summed E-state index contributed by atoms with van der Waals surface area (Å²) >= 11 is 0. The maximum Gasteiger partial charge on any atom is 0.287 e. The van der Waals surface area contributed by atoms with E-state index in [-0.39, 0.29) is 36.3 Å². The summed E-state index contributed by atoms with van der Waals surface area (Å²) in [4.78, 5) is 33.6. The molecule has 2 aliphatic rings. The van der Waals surface area contributed by atoms with Gasteiger partial charge in [0.2, 0.25) is 11.8 Å². The third kappa shape index (κ3) is 5.74. The Balaban J connectivity index is 1.24. The number of pyridine rings is 1. The number of hydrogen-bond donors (Lipinski definition) is 2. The molecule has 4 heterocycles. The normalized spacial score (nSPS) is 17.7. The first-order chi connectivity index (χ1) is 18.4. The molecule has 0 unspecified atom stereocenters. The molecular weight excluding hydrogens is 490 g/mol. The molecule has 1 aromatic carbocycles. The van der Waals surface area contributed by atoms with Crippen molar-refractivity contribution in [3.63, 3.8) is 0 Å². The van der Waals surface area contributed by atoms with Gasteiger partial charge in [-0.1, -0.05) is 6.07 Å². The summed E-state index contributed by atoms with van der Waals surface area (Å²) in [5.41, 5.74) is 6.80. The molecule has 2 aromatic heterocycles. The summed E-state index contributed by atoms with van der Waals surface area (Å²) in [6.45, 7) is 5.11. The summed E-state index contributed by atoms with van der Waals surface area (Å²) in [6, 6.07) is 12.0. The van der Waals surface area contributed by atoms with Crippen LogP contribution in [0.1, 0.15) is 26.7 Å². The van der Waals surface area contributed by atoms with Gasteiger partial charge in [0.15, 0.2) is 17.3 Å². The van der Waals surface area contributed by atoms with Crippen molar-refractivity contribution in [2.24, 2.45) is 5.73 Å². The van der Waals surface area contributed by atoms with E-state index in [0.29, 0.717) is 29.3 Å². The molecule has 3 N–H and O–H groups in total. The smallest absolute Gasteiger partial charge is 0.287 e. The second kappa shape index (κ2) is 11.1. The van der Waals surface area contributed by atoms with Crippen LogP contribution in [-0.2, 0) is 6.54 Å². The number of nitrogens with zero attached hydrogens (tertiary/aromatic N) is 3. The third-order valence-corrected chi connectivity index (χ3v) is 6.61. The van der Waals surface area contributed by atoms with Crippen molar-refractivity contribution in [3.8, 4) is 28.6 Å². The average molecular weight is 522 g/mol. The van der Waals surface area contributed by atoms with E-state index in [2.05, 4.69) is 27.1 Å². The number of fused-ring (bicyclic) bond motifs is 1. The van der Waals surface area contributed by atoms with Crippen molar-refractivity contribution >= 4 is 11.8 Å². The Morgan fingerprint density at radius 1 is 1.16 bits per heavy atom. The molecule has 11 heteroatoms. The number of rotatable bonds is 8. The highest BCUT2D eigenvalue weighted by Crippen LogP contribution is 2.41. The van der Waals surface area contributed by atoms with Crippen LogP contribution < -0.4 is 25.3 Å². The van der Waals surface area contributed by atoms with Crippen molar-refractivity contribution < 1.29 is 28.2 Å². The molecule has 0 aliphatic carbocycles. The maximum atomic E-state index is 12.8. The molecule has 38 heavy (non-hydrogen) atoms. The Hall–Kier alpha value is -4.09.